The van der Waals surface area contributed by atoms with Gasteiger partial charge in [0.05, 0.1) is 5.41 Å². The molecule has 0 aromatic heterocycles. The molecular weight excluding hydrogens is 574 g/mol. The van der Waals surface area contributed by atoms with Crippen LogP contribution in [0.3, 0.4) is 0 Å². The average Bonchev–Trinajstić information content (AvgIpc) is 3.06. The smallest absolute Gasteiger partial charge is 0.209 e. The highest BCUT2D eigenvalue weighted by atomic mass is 127. The van der Waals surface area contributed by atoms with E-state index >= 15 is 0 Å². The van der Waals surface area contributed by atoms with Crippen molar-refractivity contribution in [2.45, 2.75) is 38.5 Å². The van der Waals surface area contributed by atoms with Gasteiger partial charge in [0, 0.05) is 51.6 Å². The van der Waals surface area contributed by atoms with E-state index in [9.17, 15) is 0 Å². The van der Waals surface area contributed by atoms with Crippen LogP contribution in [0.4, 0.5) is 11.4 Å². The van der Waals surface area contributed by atoms with Gasteiger partial charge in [0.15, 0.2) is 5.71 Å². The fourth-order valence-electron chi connectivity index (χ4n) is 5.10. The van der Waals surface area contributed by atoms with E-state index in [-0.39, 0.29) is 34.8 Å². The van der Waals surface area contributed by atoms with Crippen molar-refractivity contribution in [1.82, 2.24) is 0 Å². The Morgan fingerprint density at radius 2 is 1.38 bits per heavy atom. The summed E-state index contributed by atoms with van der Waals surface area (Å²) >= 11 is 12.5. The Hall–Kier alpha value is -1.82. The highest BCUT2D eigenvalue weighted by molar-refractivity contribution is 6.31. The molecule has 4 rings (SSSR count). The maximum absolute atomic E-state index is 6.25. The molecule has 34 heavy (non-hydrogen) atoms. The van der Waals surface area contributed by atoms with Crippen LogP contribution in [0.25, 0.3) is 0 Å². The van der Waals surface area contributed by atoms with E-state index in [0.717, 1.165) is 10.0 Å². The fourth-order valence-corrected chi connectivity index (χ4v) is 5.45. The summed E-state index contributed by atoms with van der Waals surface area (Å²) in [5.74, 6) is 0. The third-order valence-electron chi connectivity index (χ3n) is 6.94. The molecule has 0 bridgehead atoms. The SMILES string of the molecule is CN1C(=CC=CC=CC=CC2=[N+](C)c3ccc(Cl)cc3C2(C)C)C(C)(C)c2cc(Cl)ccc21.[I-]. The lowest BCUT2D eigenvalue weighted by Crippen LogP contribution is -3.00. The molecule has 2 aliphatic heterocycles. The molecular formula is C29H31Cl2IN2. The average molecular weight is 605 g/mol. The van der Waals surface area contributed by atoms with E-state index in [1.807, 2.05) is 12.1 Å². The summed E-state index contributed by atoms with van der Waals surface area (Å²) in [5, 5.41) is 1.56. The summed E-state index contributed by atoms with van der Waals surface area (Å²) in [6, 6.07) is 12.3. The first-order chi connectivity index (χ1) is 15.5. The summed E-state index contributed by atoms with van der Waals surface area (Å²) in [6.45, 7) is 8.97. The highest BCUT2D eigenvalue weighted by Crippen LogP contribution is 2.47. The number of hydrogen-bond donors (Lipinski definition) is 0. The lowest BCUT2D eigenvalue weighted by Gasteiger charge is -2.23. The van der Waals surface area contributed by atoms with Gasteiger partial charge in [0.1, 0.15) is 7.05 Å². The predicted molar refractivity (Wildman–Crippen MR) is 144 cm³/mol. The van der Waals surface area contributed by atoms with Crippen molar-refractivity contribution in [3.63, 3.8) is 0 Å². The molecule has 0 aliphatic carbocycles. The molecule has 0 spiro atoms. The van der Waals surface area contributed by atoms with Crippen LogP contribution in [0.5, 0.6) is 0 Å². The van der Waals surface area contributed by atoms with Crippen molar-refractivity contribution >= 4 is 40.3 Å². The molecule has 0 fully saturated rings. The van der Waals surface area contributed by atoms with E-state index in [1.54, 1.807) is 0 Å². The van der Waals surface area contributed by atoms with Gasteiger partial charge in [0.25, 0.3) is 0 Å². The third kappa shape index (κ3) is 4.67. The van der Waals surface area contributed by atoms with Gasteiger partial charge < -0.3 is 28.9 Å². The largest absolute Gasteiger partial charge is 1.00 e. The zero-order chi connectivity index (χ0) is 24.0. The van der Waals surface area contributed by atoms with Crippen LogP contribution in [-0.4, -0.2) is 24.4 Å². The molecule has 0 unspecified atom stereocenters. The van der Waals surface area contributed by atoms with Gasteiger partial charge >= 0.3 is 0 Å². The fraction of sp³-hybridized carbons (Fsp3) is 0.276. The zero-order valence-electron chi connectivity index (χ0n) is 20.5. The Bertz CT molecular complexity index is 1260. The molecule has 0 saturated carbocycles. The zero-order valence-corrected chi connectivity index (χ0v) is 24.2. The number of benzene rings is 2. The Labute approximate surface area is 231 Å². The Balaban J connectivity index is 0.00000324. The van der Waals surface area contributed by atoms with E-state index in [4.69, 9.17) is 23.2 Å². The van der Waals surface area contributed by atoms with Gasteiger partial charge in [-0.3, -0.25) is 0 Å². The Morgan fingerprint density at radius 1 is 0.794 bits per heavy atom. The monoisotopic (exact) mass is 604 g/mol. The van der Waals surface area contributed by atoms with Crippen LogP contribution in [0.1, 0.15) is 38.8 Å². The van der Waals surface area contributed by atoms with Gasteiger partial charge in [-0.15, -0.1) is 0 Å². The number of allylic oxidation sites excluding steroid dienone is 8. The minimum atomic E-state index is -0.0872. The quantitative estimate of drug-likeness (QED) is 0.271. The summed E-state index contributed by atoms with van der Waals surface area (Å²) < 4.78 is 2.25. The number of likely N-dealkylation sites (N-methyl/N-ethyl adjacent to an activating group) is 1. The van der Waals surface area contributed by atoms with Crippen LogP contribution >= 0.6 is 23.2 Å². The number of rotatable bonds is 4. The maximum atomic E-state index is 6.25. The van der Waals surface area contributed by atoms with Crippen molar-refractivity contribution in [3.05, 3.63) is 106 Å². The number of halogens is 3. The van der Waals surface area contributed by atoms with E-state index < -0.39 is 0 Å². The van der Waals surface area contributed by atoms with Crippen molar-refractivity contribution in [1.29, 1.82) is 0 Å². The summed E-state index contributed by atoms with van der Waals surface area (Å²) in [5.41, 5.74) is 7.28. The van der Waals surface area contributed by atoms with Gasteiger partial charge in [0.2, 0.25) is 5.69 Å². The van der Waals surface area contributed by atoms with Crippen molar-refractivity contribution in [2.75, 3.05) is 19.0 Å². The number of anilines is 1. The number of hydrogen-bond acceptors (Lipinski definition) is 1. The molecule has 2 nitrogen and oxygen atoms in total. The van der Waals surface area contributed by atoms with Crippen LogP contribution in [0.2, 0.25) is 10.0 Å². The van der Waals surface area contributed by atoms with Crippen LogP contribution < -0.4 is 28.9 Å². The molecule has 2 aromatic carbocycles. The topological polar surface area (TPSA) is 6.25 Å². The number of nitrogens with zero attached hydrogens (tertiary/aromatic N) is 2. The first kappa shape index (κ1) is 26.8. The molecule has 0 radical (unpaired) electrons. The molecule has 178 valence electrons. The molecule has 0 amide bonds. The molecule has 2 heterocycles. The molecule has 0 saturated heterocycles. The standard InChI is InChI=1S/C29H31Cl2N2.HI/c1-28(2)22-18-20(30)14-16-24(22)32(5)26(28)12-10-8-7-9-11-13-27-29(3,4)23-19-21(31)15-17-25(23)33(27)6;/h7-19H,1-6H3;1H/q+1;/p-1. The number of fused-ring (bicyclic) bond motifs is 2. The van der Waals surface area contributed by atoms with Gasteiger partial charge in [-0.2, -0.15) is 4.58 Å². The summed E-state index contributed by atoms with van der Waals surface area (Å²) in [6.07, 6.45) is 14.8. The molecule has 0 N–H and O–H groups in total. The highest BCUT2D eigenvalue weighted by Gasteiger charge is 2.43. The molecule has 2 aliphatic rings. The lowest BCUT2D eigenvalue weighted by atomic mass is 9.81. The molecule has 2 aromatic rings. The Kier molecular flexibility index (Phi) is 7.91. The second-order valence-electron chi connectivity index (χ2n) is 9.76. The lowest BCUT2D eigenvalue weighted by molar-refractivity contribution is -0.401. The Morgan fingerprint density at radius 3 is 2.09 bits per heavy atom. The first-order valence-electron chi connectivity index (χ1n) is 11.2. The first-order valence-corrected chi connectivity index (χ1v) is 12.0. The second kappa shape index (κ2) is 10.0. The van der Waals surface area contributed by atoms with Crippen LogP contribution in [-0.2, 0) is 10.8 Å². The van der Waals surface area contributed by atoms with E-state index in [0.29, 0.717) is 0 Å². The van der Waals surface area contributed by atoms with Gasteiger partial charge in [-0.25, -0.2) is 0 Å². The van der Waals surface area contributed by atoms with Crippen molar-refractivity contribution < 1.29 is 28.6 Å². The summed E-state index contributed by atoms with van der Waals surface area (Å²) in [7, 11) is 4.23. The minimum Gasteiger partial charge on any atom is -1.00 e. The van der Waals surface area contributed by atoms with Crippen LogP contribution in [0.15, 0.2) is 84.6 Å². The summed E-state index contributed by atoms with van der Waals surface area (Å²) in [4.78, 5) is 2.25. The van der Waals surface area contributed by atoms with E-state index in [2.05, 4.69) is 118 Å². The molecule has 0 atom stereocenters. The minimum absolute atomic E-state index is 0. The normalized spacial score (nSPS) is 19.5. The molecule has 5 heteroatoms. The van der Waals surface area contributed by atoms with Gasteiger partial charge in [-0.1, -0.05) is 67.4 Å². The van der Waals surface area contributed by atoms with Crippen molar-refractivity contribution in [2.24, 2.45) is 0 Å². The second-order valence-corrected chi connectivity index (χ2v) is 10.6. The predicted octanol–water partition coefficient (Wildman–Crippen LogP) is 4.98. The van der Waals surface area contributed by atoms with Crippen LogP contribution in [0, 0.1) is 0 Å². The third-order valence-corrected chi connectivity index (χ3v) is 7.41. The maximum Gasteiger partial charge on any atom is 0.209 e. The van der Waals surface area contributed by atoms with Gasteiger partial charge in [-0.05, 0) is 55.8 Å². The van der Waals surface area contributed by atoms with E-state index in [1.165, 1.54) is 33.9 Å². The van der Waals surface area contributed by atoms with Crippen molar-refractivity contribution in [3.8, 4) is 0 Å².